The first kappa shape index (κ1) is 10.6. The number of aliphatic carboxylic acids is 1. The maximum atomic E-state index is 10.8. The van der Waals surface area contributed by atoms with Gasteiger partial charge in [0.05, 0.1) is 6.54 Å². The summed E-state index contributed by atoms with van der Waals surface area (Å²) in [6.45, 7) is 3.59. The van der Waals surface area contributed by atoms with E-state index in [2.05, 4.69) is 15.5 Å². The number of rotatable bonds is 4. The molecule has 0 atom stereocenters. The lowest BCUT2D eigenvalue weighted by molar-refractivity contribution is -0.143. The molecular weight excluding hydrogens is 184 g/mol. The summed E-state index contributed by atoms with van der Waals surface area (Å²) in [6, 6.07) is 0. The molecule has 1 aromatic heterocycles. The zero-order valence-electron chi connectivity index (χ0n) is 8.48. The Kier molecular flexibility index (Phi) is 2.85. The largest absolute Gasteiger partial charge is 0.480 e. The van der Waals surface area contributed by atoms with Gasteiger partial charge < -0.3 is 9.67 Å². The number of aromatic nitrogens is 3. The lowest BCUT2D eigenvalue weighted by Crippen LogP contribution is -2.46. The second-order valence-corrected chi connectivity index (χ2v) is 3.64. The van der Waals surface area contributed by atoms with Crippen molar-refractivity contribution in [1.29, 1.82) is 0 Å². The van der Waals surface area contributed by atoms with E-state index < -0.39 is 11.5 Å². The number of hydrogen-bond acceptors (Lipinski definition) is 4. The Labute approximate surface area is 82.0 Å². The van der Waals surface area contributed by atoms with E-state index in [0.717, 1.165) is 0 Å². The summed E-state index contributed by atoms with van der Waals surface area (Å²) in [5.41, 5.74) is -0.952. The van der Waals surface area contributed by atoms with Crippen molar-refractivity contribution in [3.05, 3.63) is 12.2 Å². The first-order valence-corrected chi connectivity index (χ1v) is 4.25. The Hall–Kier alpha value is -1.43. The van der Waals surface area contributed by atoms with Crippen molar-refractivity contribution in [2.45, 2.75) is 25.9 Å². The fraction of sp³-hybridized carbons (Fsp3) is 0.625. The molecule has 0 fully saturated rings. The molecule has 6 nitrogen and oxygen atoms in total. The second kappa shape index (κ2) is 3.75. The number of carboxylic acids is 1. The van der Waals surface area contributed by atoms with Gasteiger partial charge in [-0.05, 0) is 13.8 Å². The van der Waals surface area contributed by atoms with Crippen LogP contribution in [0.15, 0.2) is 6.33 Å². The molecule has 1 aromatic rings. The van der Waals surface area contributed by atoms with Crippen LogP contribution in [0.3, 0.4) is 0 Å². The van der Waals surface area contributed by atoms with E-state index in [1.54, 1.807) is 24.7 Å². The molecular formula is C8H14N4O2. The van der Waals surface area contributed by atoms with E-state index in [4.69, 9.17) is 5.11 Å². The number of carbonyl (C=O) groups is 1. The number of nitrogens with zero attached hydrogens (tertiary/aromatic N) is 3. The summed E-state index contributed by atoms with van der Waals surface area (Å²) < 4.78 is 1.74. The molecule has 78 valence electrons. The van der Waals surface area contributed by atoms with Crippen molar-refractivity contribution in [1.82, 2.24) is 20.1 Å². The van der Waals surface area contributed by atoms with Crippen LogP contribution in [0, 0.1) is 0 Å². The van der Waals surface area contributed by atoms with Crippen LogP contribution in [0.4, 0.5) is 0 Å². The van der Waals surface area contributed by atoms with Crippen LogP contribution < -0.4 is 5.32 Å². The van der Waals surface area contributed by atoms with Crippen LogP contribution >= 0.6 is 0 Å². The highest BCUT2D eigenvalue weighted by Crippen LogP contribution is 2.03. The molecule has 0 amide bonds. The molecule has 2 N–H and O–H groups in total. The number of nitrogens with one attached hydrogen (secondary N) is 1. The first-order chi connectivity index (χ1) is 6.43. The SMILES string of the molecule is Cn1cnnc1CNC(C)(C)C(=O)O. The van der Waals surface area contributed by atoms with Gasteiger partial charge in [0.2, 0.25) is 0 Å². The third kappa shape index (κ3) is 2.29. The van der Waals surface area contributed by atoms with Gasteiger partial charge in [-0.25, -0.2) is 0 Å². The maximum Gasteiger partial charge on any atom is 0.323 e. The van der Waals surface area contributed by atoms with E-state index in [-0.39, 0.29) is 0 Å². The van der Waals surface area contributed by atoms with Crippen molar-refractivity contribution < 1.29 is 9.90 Å². The van der Waals surface area contributed by atoms with Gasteiger partial charge in [0.1, 0.15) is 17.7 Å². The molecule has 6 heteroatoms. The van der Waals surface area contributed by atoms with Crippen LogP contribution in [0.5, 0.6) is 0 Å². The third-order valence-corrected chi connectivity index (χ3v) is 2.03. The van der Waals surface area contributed by atoms with Crippen LogP contribution in [0.25, 0.3) is 0 Å². The fourth-order valence-corrected chi connectivity index (χ4v) is 0.843. The van der Waals surface area contributed by atoms with Crippen molar-refractivity contribution in [2.75, 3.05) is 0 Å². The fourth-order valence-electron chi connectivity index (χ4n) is 0.843. The minimum absolute atomic E-state index is 0.385. The van der Waals surface area contributed by atoms with Crippen LogP contribution in [-0.4, -0.2) is 31.4 Å². The maximum absolute atomic E-state index is 10.8. The lowest BCUT2D eigenvalue weighted by atomic mass is 10.1. The van der Waals surface area contributed by atoms with Gasteiger partial charge in [-0.15, -0.1) is 10.2 Å². The van der Waals surface area contributed by atoms with E-state index in [9.17, 15) is 4.79 Å². The minimum atomic E-state index is -0.952. The van der Waals surface area contributed by atoms with Gasteiger partial charge in [0.15, 0.2) is 0 Å². The zero-order chi connectivity index (χ0) is 10.8. The highest BCUT2D eigenvalue weighted by molar-refractivity contribution is 5.77. The normalized spacial score (nSPS) is 11.6. The van der Waals surface area contributed by atoms with Crippen LogP contribution in [0.2, 0.25) is 0 Å². The molecule has 0 saturated carbocycles. The topological polar surface area (TPSA) is 80.0 Å². The van der Waals surface area contributed by atoms with Gasteiger partial charge >= 0.3 is 5.97 Å². The molecule has 1 heterocycles. The van der Waals surface area contributed by atoms with Crippen LogP contribution in [-0.2, 0) is 18.4 Å². The number of aryl methyl sites for hydroxylation is 1. The summed E-state index contributed by atoms with van der Waals surface area (Å²) in [5, 5.41) is 19.2. The predicted molar refractivity (Wildman–Crippen MR) is 49.6 cm³/mol. The van der Waals surface area contributed by atoms with E-state index >= 15 is 0 Å². The van der Waals surface area contributed by atoms with Crippen molar-refractivity contribution in [2.24, 2.45) is 7.05 Å². The Morgan fingerprint density at radius 3 is 2.79 bits per heavy atom. The molecule has 14 heavy (non-hydrogen) atoms. The van der Waals surface area contributed by atoms with Gasteiger partial charge in [0.25, 0.3) is 0 Å². The Bertz CT molecular complexity index is 332. The van der Waals surface area contributed by atoms with Gasteiger partial charge in [-0.2, -0.15) is 0 Å². The van der Waals surface area contributed by atoms with E-state index in [0.29, 0.717) is 12.4 Å². The average molecular weight is 198 g/mol. The summed E-state index contributed by atoms with van der Waals surface area (Å²) in [4.78, 5) is 10.8. The highest BCUT2D eigenvalue weighted by atomic mass is 16.4. The van der Waals surface area contributed by atoms with Gasteiger partial charge in [-0.3, -0.25) is 10.1 Å². The molecule has 0 radical (unpaired) electrons. The summed E-state index contributed by atoms with van der Waals surface area (Å²) >= 11 is 0. The molecule has 0 saturated heterocycles. The van der Waals surface area contributed by atoms with Crippen molar-refractivity contribution >= 4 is 5.97 Å². The second-order valence-electron chi connectivity index (χ2n) is 3.64. The number of carboxylic acid groups (broad SMARTS) is 1. The summed E-state index contributed by atoms with van der Waals surface area (Å²) in [5.74, 6) is -0.181. The molecule has 0 aromatic carbocycles. The Morgan fingerprint density at radius 1 is 1.71 bits per heavy atom. The third-order valence-electron chi connectivity index (χ3n) is 2.03. The first-order valence-electron chi connectivity index (χ1n) is 4.25. The van der Waals surface area contributed by atoms with Crippen LogP contribution in [0.1, 0.15) is 19.7 Å². The number of hydrogen-bond donors (Lipinski definition) is 2. The molecule has 0 spiro atoms. The Balaban J connectivity index is 2.57. The monoisotopic (exact) mass is 198 g/mol. The zero-order valence-corrected chi connectivity index (χ0v) is 8.48. The molecule has 0 aliphatic rings. The van der Waals surface area contributed by atoms with Gasteiger partial charge in [0, 0.05) is 7.05 Å². The van der Waals surface area contributed by atoms with E-state index in [1.165, 1.54) is 0 Å². The molecule has 0 unspecified atom stereocenters. The molecule has 0 aliphatic heterocycles. The average Bonchev–Trinajstić information content (AvgIpc) is 2.47. The quantitative estimate of drug-likeness (QED) is 0.698. The summed E-state index contributed by atoms with van der Waals surface area (Å²) in [7, 11) is 1.81. The smallest absolute Gasteiger partial charge is 0.323 e. The molecule has 0 bridgehead atoms. The summed E-state index contributed by atoms with van der Waals surface area (Å²) in [6.07, 6.45) is 1.57. The minimum Gasteiger partial charge on any atom is -0.480 e. The van der Waals surface area contributed by atoms with Crippen molar-refractivity contribution in [3.8, 4) is 0 Å². The van der Waals surface area contributed by atoms with E-state index in [1.807, 2.05) is 7.05 Å². The lowest BCUT2D eigenvalue weighted by Gasteiger charge is -2.20. The standard InChI is InChI=1S/C8H14N4O2/c1-8(2,7(13)14)9-4-6-11-10-5-12(6)3/h5,9H,4H2,1-3H3,(H,13,14). The van der Waals surface area contributed by atoms with Gasteiger partial charge in [-0.1, -0.05) is 0 Å². The predicted octanol–water partition coefficient (Wildman–Crippen LogP) is -0.232. The molecule has 0 aliphatic carbocycles. The highest BCUT2D eigenvalue weighted by Gasteiger charge is 2.26. The molecule has 1 rings (SSSR count). The Morgan fingerprint density at radius 2 is 2.36 bits per heavy atom. The van der Waals surface area contributed by atoms with Crippen molar-refractivity contribution in [3.63, 3.8) is 0 Å².